The molecule has 1 fully saturated rings. The van der Waals surface area contributed by atoms with Gasteiger partial charge in [0.05, 0.1) is 0 Å². The van der Waals surface area contributed by atoms with Gasteiger partial charge in [-0.1, -0.05) is 33.1 Å². The summed E-state index contributed by atoms with van der Waals surface area (Å²) in [5.41, 5.74) is 5.65. The Morgan fingerprint density at radius 2 is 1.78 bits per heavy atom. The minimum absolute atomic E-state index is 0.800. The molecule has 18 heavy (non-hydrogen) atoms. The van der Waals surface area contributed by atoms with E-state index < -0.39 is 0 Å². The minimum atomic E-state index is 0.800. The van der Waals surface area contributed by atoms with Crippen LogP contribution in [0.15, 0.2) is 0 Å². The largest absolute Gasteiger partial charge is 0.329 e. The van der Waals surface area contributed by atoms with Crippen molar-refractivity contribution in [3.63, 3.8) is 0 Å². The van der Waals surface area contributed by atoms with Crippen LogP contribution >= 0.6 is 0 Å². The fourth-order valence-corrected chi connectivity index (χ4v) is 2.90. The van der Waals surface area contributed by atoms with Gasteiger partial charge in [-0.3, -0.25) is 0 Å². The summed E-state index contributed by atoms with van der Waals surface area (Å²) in [6, 6.07) is 0. The molecule has 1 aliphatic heterocycles. The van der Waals surface area contributed by atoms with Gasteiger partial charge in [-0.05, 0) is 31.8 Å². The van der Waals surface area contributed by atoms with E-state index in [2.05, 4.69) is 23.6 Å². The second-order valence-corrected chi connectivity index (χ2v) is 5.70. The lowest BCUT2D eigenvalue weighted by Crippen LogP contribution is -2.35. The van der Waals surface area contributed by atoms with Crippen LogP contribution < -0.4 is 5.73 Å². The number of hydrogen-bond acceptors (Lipinski definition) is 3. The molecule has 2 N–H and O–H groups in total. The van der Waals surface area contributed by atoms with Crippen molar-refractivity contribution in [2.24, 2.45) is 11.7 Å². The monoisotopic (exact) mass is 255 g/mol. The van der Waals surface area contributed by atoms with Gasteiger partial charge in [0.25, 0.3) is 0 Å². The zero-order chi connectivity index (χ0) is 13.2. The molecule has 0 amide bonds. The Labute approximate surface area is 114 Å². The van der Waals surface area contributed by atoms with E-state index >= 15 is 0 Å². The molecule has 0 aromatic heterocycles. The predicted molar refractivity (Wildman–Crippen MR) is 79.9 cm³/mol. The fourth-order valence-electron chi connectivity index (χ4n) is 2.90. The number of rotatable bonds is 8. The highest BCUT2D eigenvalue weighted by Gasteiger charge is 2.17. The zero-order valence-corrected chi connectivity index (χ0v) is 12.5. The maximum atomic E-state index is 5.65. The third kappa shape index (κ3) is 6.17. The topological polar surface area (TPSA) is 32.5 Å². The van der Waals surface area contributed by atoms with Gasteiger partial charge in [-0.15, -0.1) is 0 Å². The van der Waals surface area contributed by atoms with Gasteiger partial charge in [0.15, 0.2) is 0 Å². The summed E-state index contributed by atoms with van der Waals surface area (Å²) in [7, 11) is 0. The lowest BCUT2D eigenvalue weighted by molar-refractivity contribution is 0.219. The first-order chi connectivity index (χ1) is 8.80. The predicted octanol–water partition coefficient (Wildman–Crippen LogP) is 2.17. The lowest BCUT2D eigenvalue weighted by atomic mass is 9.98. The molecular weight excluding hydrogens is 222 g/mol. The first-order valence-corrected chi connectivity index (χ1v) is 7.94. The SMILES string of the molecule is CCCCC(CC)CN1CCCN(CCN)CC1. The third-order valence-electron chi connectivity index (χ3n) is 4.19. The lowest BCUT2D eigenvalue weighted by Gasteiger charge is -2.26. The summed E-state index contributed by atoms with van der Waals surface area (Å²) in [6.45, 7) is 12.8. The molecule has 0 aromatic rings. The van der Waals surface area contributed by atoms with Crippen LogP contribution in [0.1, 0.15) is 46.0 Å². The molecule has 0 bridgehead atoms. The molecule has 0 saturated carbocycles. The van der Waals surface area contributed by atoms with E-state index in [1.165, 1.54) is 64.8 Å². The smallest absolute Gasteiger partial charge is 0.0110 e. The highest BCUT2D eigenvalue weighted by atomic mass is 15.2. The molecule has 0 aromatic carbocycles. The maximum Gasteiger partial charge on any atom is 0.0110 e. The summed E-state index contributed by atoms with van der Waals surface area (Å²) in [4.78, 5) is 5.20. The van der Waals surface area contributed by atoms with Crippen molar-refractivity contribution in [2.75, 3.05) is 45.8 Å². The van der Waals surface area contributed by atoms with Crippen LogP contribution in [-0.4, -0.2) is 55.6 Å². The van der Waals surface area contributed by atoms with Crippen molar-refractivity contribution in [1.82, 2.24) is 9.80 Å². The molecule has 108 valence electrons. The van der Waals surface area contributed by atoms with Crippen molar-refractivity contribution < 1.29 is 0 Å². The first-order valence-electron chi connectivity index (χ1n) is 7.94. The summed E-state index contributed by atoms with van der Waals surface area (Å²) in [5, 5.41) is 0. The van der Waals surface area contributed by atoms with Crippen LogP contribution in [0.3, 0.4) is 0 Å². The molecule has 3 heteroatoms. The van der Waals surface area contributed by atoms with E-state index in [0.717, 1.165) is 19.0 Å². The highest BCUT2D eigenvalue weighted by Crippen LogP contribution is 2.15. The van der Waals surface area contributed by atoms with Crippen LogP contribution in [-0.2, 0) is 0 Å². The number of nitrogens with zero attached hydrogens (tertiary/aromatic N) is 2. The molecule has 3 nitrogen and oxygen atoms in total. The first kappa shape index (κ1) is 15.9. The maximum absolute atomic E-state index is 5.65. The van der Waals surface area contributed by atoms with E-state index in [4.69, 9.17) is 5.73 Å². The molecule has 1 aliphatic rings. The third-order valence-corrected chi connectivity index (χ3v) is 4.19. The van der Waals surface area contributed by atoms with Crippen molar-refractivity contribution in [3.05, 3.63) is 0 Å². The highest BCUT2D eigenvalue weighted by molar-refractivity contribution is 4.72. The standard InChI is InChI=1S/C15H33N3/c1-3-5-7-15(4-2)14-18-10-6-9-17(11-8-16)12-13-18/h15H,3-14,16H2,1-2H3. The van der Waals surface area contributed by atoms with Crippen molar-refractivity contribution >= 4 is 0 Å². The molecule has 0 spiro atoms. The average Bonchev–Trinajstić information content (AvgIpc) is 2.60. The molecule has 1 unspecified atom stereocenters. The molecule has 1 heterocycles. The molecule has 0 radical (unpaired) electrons. The van der Waals surface area contributed by atoms with Crippen LogP contribution in [0, 0.1) is 5.92 Å². The van der Waals surface area contributed by atoms with Crippen molar-refractivity contribution in [3.8, 4) is 0 Å². The van der Waals surface area contributed by atoms with Crippen molar-refractivity contribution in [1.29, 1.82) is 0 Å². The van der Waals surface area contributed by atoms with Gasteiger partial charge in [-0.25, -0.2) is 0 Å². The fraction of sp³-hybridized carbons (Fsp3) is 1.00. The number of nitrogens with two attached hydrogens (primary N) is 1. The molecule has 0 aliphatic carbocycles. The molecule has 1 saturated heterocycles. The Morgan fingerprint density at radius 3 is 2.44 bits per heavy atom. The normalized spacial score (nSPS) is 20.8. The van der Waals surface area contributed by atoms with Crippen LogP contribution in [0.25, 0.3) is 0 Å². The van der Waals surface area contributed by atoms with E-state index in [0.29, 0.717) is 0 Å². The van der Waals surface area contributed by atoms with E-state index in [-0.39, 0.29) is 0 Å². The Balaban J connectivity index is 2.28. The summed E-state index contributed by atoms with van der Waals surface area (Å²) < 4.78 is 0. The average molecular weight is 255 g/mol. The van der Waals surface area contributed by atoms with Gasteiger partial charge < -0.3 is 15.5 Å². The Bertz CT molecular complexity index is 196. The molecule has 1 atom stereocenters. The number of unbranched alkanes of at least 4 members (excludes halogenated alkanes) is 1. The minimum Gasteiger partial charge on any atom is -0.329 e. The van der Waals surface area contributed by atoms with Gasteiger partial charge in [0.2, 0.25) is 0 Å². The van der Waals surface area contributed by atoms with E-state index in [1.54, 1.807) is 0 Å². The van der Waals surface area contributed by atoms with Crippen LogP contribution in [0.4, 0.5) is 0 Å². The molecule has 1 rings (SSSR count). The zero-order valence-electron chi connectivity index (χ0n) is 12.5. The van der Waals surface area contributed by atoms with E-state index in [9.17, 15) is 0 Å². The van der Waals surface area contributed by atoms with Crippen molar-refractivity contribution in [2.45, 2.75) is 46.0 Å². The summed E-state index contributed by atoms with van der Waals surface area (Å²) in [5.74, 6) is 0.908. The van der Waals surface area contributed by atoms with Gasteiger partial charge in [0, 0.05) is 32.7 Å². The summed E-state index contributed by atoms with van der Waals surface area (Å²) in [6.07, 6.45) is 6.79. The van der Waals surface area contributed by atoms with Gasteiger partial charge in [-0.2, -0.15) is 0 Å². The second-order valence-electron chi connectivity index (χ2n) is 5.70. The second kappa shape index (κ2) is 9.76. The van der Waals surface area contributed by atoms with Gasteiger partial charge in [0.1, 0.15) is 0 Å². The van der Waals surface area contributed by atoms with Crippen LogP contribution in [0.5, 0.6) is 0 Å². The van der Waals surface area contributed by atoms with E-state index in [1.807, 2.05) is 0 Å². The van der Waals surface area contributed by atoms with Gasteiger partial charge >= 0.3 is 0 Å². The summed E-state index contributed by atoms with van der Waals surface area (Å²) >= 11 is 0. The Hall–Kier alpha value is -0.120. The number of hydrogen-bond donors (Lipinski definition) is 1. The Kier molecular flexibility index (Phi) is 8.64. The Morgan fingerprint density at radius 1 is 1.06 bits per heavy atom. The molecular formula is C15H33N3. The quantitative estimate of drug-likeness (QED) is 0.721. The van der Waals surface area contributed by atoms with Crippen LogP contribution in [0.2, 0.25) is 0 Å².